The lowest BCUT2D eigenvalue weighted by atomic mass is 10.1. The molecule has 1 fully saturated rings. The number of carboxylic acids is 1. The molecule has 0 radical (unpaired) electrons. The number of nitrogens with one attached hydrogen (secondary N) is 1. The van der Waals surface area contributed by atoms with Crippen molar-refractivity contribution in [1.29, 1.82) is 0 Å². The molecular weight excluding hydrogens is 236 g/mol. The molecule has 2 N–H and O–H groups in total. The summed E-state index contributed by atoms with van der Waals surface area (Å²) in [6.07, 6.45) is 3.27. The number of urea groups is 1. The quantitative estimate of drug-likeness (QED) is 0.768. The number of carbonyl (C=O) groups is 2. The van der Waals surface area contributed by atoms with Gasteiger partial charge in [0.15, 0.2) is 0 Å². The maximum atomic E-state index is 11.7. The first-order chi connectivity index (χ1) is 8.50. The van der Waals surface area contributed by atoms with Crippen molar-refractivity contribution in [2.75, 3.05) is 26.7 Å². The van der Waals surface area contributed by atoms with Gasteiger partial charge in [0.05, 0.1) is 12.0 Å². The van der Waals surface area contributed by atoms with E-state index in [-0.39, 0.29) is 18.7 Å². The first-order valence-corrected chi connectivity index (χ1v) is 6.34. The highest BCUT2D eigenvalue weighted by Crippen LogP contribution is 2.11. The van der Waals surface area contributed by atoms with E-state index in [0.29, 0.717) is 6.54 Å². The van der Waals surface area contributed by atoms with Crippen molar-refractivity contribution < 1.29 is 19.4 Å². The number of hydrogen-bond donors (Lipinski definition) is 2. The molecule has 104 valence electrons. The van der Waals surface area contributed by atoms with Crippen LogP contribution in [0.15, 0.2) is 0 Å². The van der Waals surface area contributed by atoms with Crippen molar-refractivity contribution in [1.82, 2.24) is 10.2 Å². The minimum Gasteiger partial charge on any atom is -0.481 e. The van der Waals surface area contributed by atoms with Gasteiger partial charge in [-0.3, -0.25) is 4.79 Å². The maximum absolute atomic E-state index is 11.7. The van der Waals surface area contributed by atoms with Gasteiger partial charge in [-0.15, -0.1) is 0 Å². The number of amides is 2. The summed E-state index contributed by atoms with van der Waals surface area (Å²) < 4.78 is 5.50. The van der Waals surface area contributed by atoms with Gasteiger partial charge >= 0.3 is 12.0 Å². The Morgan fingerprint density at radius 1 is 1.50 bits per heavy atom. The fraction of sp³-hybridized carbons (Fsp3) is 0.833. The average molecular weight is 258 g/mol. The van der Waals surface area contributed by atoms with Crippen molar-refractivity contribution in [3.8, 4) is 0 Å². The van der Waals surface area contributed by atoms with E-state index in [4.69, 9.17) is 9.84 Å². The van der Waals surface area contributed by atoms with Crippen LogP contribution >= 0.6 is 0 Å². The second kappa shape index (κ2) is 7.20. The average Bonchev–Trinajstić information content (AvgIpc) is 2.36. The van der Waals surface area contributed by atoms with Crippen LogP contribution in [0.2, 0.25) is 0 Å². The van der Waals surface area contributed by atoms with Gasteiger partial charge in [0.1, 0.15) is 0 Å². The number of carboxylic acid groups (broad SMARTS) is 1. The Morgan fingerprint density at radius 3 is 2.78 bits per heavy atom. The minimum absolute atomic E-state index is 0.0907. The maximum Gasteiger partial charge on any atom is 0.317 e. The Kier molecular flexibility index (Phi) is 5.91. The van der Waals surface area contributed by atoms with Crippen LogP contribution in [0.3, 0.4) is 0 Å². The molecule has 1 saturated heterocycles. The van der Waals surface area contributed by atoms with Crippen LogP contribution in [-0.2, 0) is 9.53 Å². The highest BCUT2D eigenvalue weighted by molar-refractivity contribution is 5.75. The molecule has 2 unspecified atom stereocenters. The summed E-state index contributed by atoms with van der Waals surface area (Å²) in [5.74, 6) is -1.46. The van der Waals surface area contributed by atoms with Crippen molar-refractivity contribution in [3.63, 3.8) is 0 Å². The van der Waals surface area contributed by atoms with Crippen LogP contribution in [0.4, 0.5) is 4.79 Å². The molecule has 1 aliphatic rings. The zero-order valence-electron chi connectivity index (χ0n) is 11.0. The van der Waals surface area contributed by atoms with Gasteiger partial charge in [0, 0.05) is 26.7 Å². The largest absolute Gasteiger partial charge is 0.481 e. The fourth-order valence-electron chi connectivity index (χ4n) is 1.88. The second-order valence-electron chi connectivity index (χ2n) is 4.79. The zero-order valence-corrected chi connectivity index (χ0v) is 11.0. The predicted molar refractivity (Wildman–Crippen MR) is 66.4 cm³/mol. The molecule has 2 atom stereocenters. The summed E-state index contributed by atoms with van der Waals surface area (Å²) in [6, 6.07) is -0.253. The lowest BCUT2D eigenvalue weighted by Gasteiger charge is -2.25. The number of ether oxygens (including phenoxy) is 1. The summed E-state index contributed by atoms with van der Waals surface area (Å²) in [4.78, 5) is 23.8. The third kappa shape index (κ3) is 4.91. The standard InChI is InChI=1S/C12H22N2O4/c1-9(11(15)16)8-14(2)12(17)13-7-10-5-3-4-6-18-10/h9-10H,3-8H2,1-2H3,(H,13,17)(H,15,16). The molecule has 0 bridgehead atoms. The number of nitrogens with zero attached hydrogens (tertiary/aromatic N) is 1. The van der Waals surface area contributed by atoms with E-state index in [1.807, 2.05) is 0 Å². The fourth-order valence-corrected chi connectivity index (χ4v) is 1.88. The van der Waals surface area contributed by atoms with Gasteiger partial charge < -0.3 is 20.1 Å². The Morgan fingerprint density at radius 2 is 2.22 bits per heavy atom. The van der Waals surface area contributed by atoms with E-state index in [9.17, 15) is 9.59 Å². The van der Waals surface area contributed by atoms with Crippen molar-refractivity contribution >= 4 is 12.0 Å². The molecule has 18 heavy (non-hydrogen) atoms. The minimum atomic E-state index is -0.898. The molecule has 0 spiro atoms. The van der Waals surface area contributed by atoms with Gasteiger partial charge in [-0.2, -0.15) is 0 Å². The molecule has 0 aromatic carbocycles. The number of hydrogen-bond acceptors (Lipinski definition) is 3. The highest BCUT2D eigenvalue weighted by atomic mass is 16.5. The predicted octanol–water partition coefficient (Wildman–Crippen LogP) is 0.918. The Balaban J connectivity index is 2.24. The molecule has 1 heterocycles. The Bertz CT molecular complexity index is 290. The molecule has 6 nitrogen and oxygen atoms in total. The van der Waals surface area contributed by atoms with E-state index in [1.54, 1.807) is 14.0 Å². The first-order valence-electron chi connectivity index (χ1n) is 6.34. The molecule has 0 aliphatic carbocycles. The molecule has 1 rings (SSSR count). The van der Waals surface area contributed by atoms with Crippen molar-refractivity contribution in [2.45, 2.75) is 32.3 Å². The van der Waals surface area contributed by atoms with Gasteiger partial charge in [0.25, 0.3) is 0 Å². The lowest BCUT2D eigenvalue weighted by Crippen LogP contribution is -2.44. The summed E-state index contributed by atoms with van der Waals surface area (Å²) in [5, 5.41) is 11.5. The summed E-state index contributed by atoms with van der Waals surface area (Å²) >= 11 is 0. The molecule has 6 heteroatoms. The Labute approximate surface area is 107 Å². The smallest absolute Gasteiger partial charge is 0.317 e. The normalized spacial score (nSPS) is 21.1. The molecule has 0 aromatic rings. The number of aliphatic carboxylic acids is 1. The monoisotopic (exact) mass is 258 g/mol. The van der Waals surface area contributed by atoms with E-state index in [0.717, 1.165) is 25.9 Å². The first kappa shape index (κ1) is 14.8. The van der Waals surface area contributed by atoms with Crippen molar-refractivity contribution in [2.24, 2.45) is 5.92 Å². The number of rotatable bonds is 5. The van der Waals surface area contributed by atoms with E-state index in [2.05, 4.69) is 5.32 Å². The molecule has 2 amide bonds. The molecular formula is C12H22N2O4. The van der Waals surface area contributed by atoms with E-state index in [1.165, 1.54) is 4.90 Å². The van der Waals surface area contributed by atoms with Gasteiger partial charge in [0.2, 0.25) is 0 Å². The molecule has 1 aliphatic heterocycles. The molecule has 0 aromatic heterocycles. The van der Waals surface area contributed by atoms with Crippen LogP contribution in [0.5, 0.6) is 0 Å². The van der Waals surface area contributed by atoms with E-state index >= 15 is 0 Å². The summed E-state index contributed by atoms with van der Waals surface area (Å²) in [5.41, 5.74) is 0. The summed E-state index contributed by atoms with van der Waals surface area (Å²) in [6.45, 7) is 3.03. The lowest BCUT2D eigenvalue weighted by molar-refractivity contribution is -0.141. The second-order valence-corrected chi connectivity index (χ2v) is 4.79. The van der Waals surface area contributed by atoms with Gasteiger partial charge in [-0.1, -0.05) is 6.92 Å². The third-order valence-corrected chi connectivity index (χ3v) is 3.07. The Hall–Kier alpha value is -1.30. The topological polar surface area (TPSA) is 78.9 Å². The number of carbonyl (C=O) groups excluding carboxylic acids is 1. The van der Waals surface area contributed by atoms with E-state index < -0.39 is 11.9 Å². The summed E-state index contributed by atoms with van der Waals surface area (Å²) in [7, 11) is 1.59. The van der Waals surface area contributed by atoms with Gasteiger partial charge in [-0.25, -0.2) is 4.79 Å². The van der Waals surface area contributed by atoms with Crippen molar-refractivity contribution in [3.05, 3.63) is 0 Å². The van der Waals surface area contributed by atoms with Crippen LogP contribution in [-0.4, -0.2) is 54.9 Å². The zero-order chi connectivity index (χ0) is 13.5. The SMILES string of the molecule is CC(CN(C)C(=O)NCC1CCCCO1)C(=O)O. The van der Waals surface area contributed by atoms with Crippen LogP contribution in [0, 0.1) is 5.92 Å². The highest BCUT2D eigenvalue weighted by Gasteiger charge is 2.19. The van der Waals surface area contributed by atoms with Crippen LogP contribution in [0.1, 0.15) is 26.2 Å². The third-order valence-electron chi connectivity index (χ3n) is 3.07. The van der Waals surface area contributed by atoms with Gasteiger partial charge in [-0.05, 0) is 19.3 Å². The van der Waals surface area contributed by atoms with Crippen LogP contribution in [0.25, 0.3) is 0 Å². The van der Waals surface area contributed by atoms with Crippen LogP contribution < -0.4 is 5.32 Å². The molecule has 0 saturated carbocycles.